The third kappa shape index (κ3) is 2.83. The van der Waals surface area contributed by atoms with Gasteiger partial charge in [-0.1, -0.05) is 30.3 Å². The molecule has 7 heteroatoms. The smallest absolute Gasteiger partial charge is 0.264 e. The minimum Gasteiger partial charge on any atom is -0.504 e. The zero-order valence-electron chi connectivity index (χ0n) is 19.5. The average Bonchev–Trinajstić information content (AvgIpc) is 3.21. The van der Waals surface area contributed by atoms with E-state index in [9.17, 15) is 9.90 Å². The van der Waals surface area contributed by atoms with Crippen molar-refractivity contribution in [3.05, 3.63) is 59.2 Å². The normalized spacial score (nSPS) is 31.6. The molecule has 1 saturated carbocycles. The minimum atomic E-state index is -0.766. The zero-order chi connectivity index (χ0) is 23.6. The summed E-state index contributed by atoms with van der Waals surface area (Å²) in [4.78, 5) is 24.5. The van der Waals surface area contributed by atoms with Crippen LogP contribution in [0.25, 0.3) is 6.08 Å². The van der Waals surface area contributed by atoms with E-state index in [1.54, 1.807) is 13.2 Å². The summed E-state index contributed by atoms with van der Waals surface area (Å²) >= 11 is 0. The van der Waals surface area contributed by atoms with Gasteiger partial charge in [-0.25, -0.2) is 0 Å². The summed E-state index contributed by atoms with van der Waals surface area (Å²) in [7, 11) is 3.08. The van der Waals surface area contributed by atoms with Gasteiger partial charge >= 0.3 is 0 Å². The Kier molecular flexibility index (Phi) is 4.83. The molecule has 1 aliphatic carbocycles. The van der Waals surface area contributed by atoms with Gasteiger partial charge in [-0.2, -0.15) is 5.06 Å². The lowest BCUT2D eigenvalue weighted by Gasteiger charge is -2.38. The third-order valence-corrected chi connectivity index (χ3v) is 8.05. The molecule has 1 amide bonds. The highest BCUT2D eigenvalue weighted by atomic mass is 16.7. The summed E-state index contributed by atoms with van der Waals surface area (Å²) in [6, 6.07) is 13.2. The van der Waals surface area contributed by atoms with E-state index in [-0.39, 0.29) is 35.6 Å². The lowest BCUT2D eigenvalue weighted by molar-refractivity contribution is -0.137. The molecule has 7 rings (SSSR count). The largest absolute Gasteiger partial charge is 0.504 e. The SMILES string of the molecule is COc1cc(C=C(C)C2=N[C@H]3C[C@@]4(C(=O)N(OC)c5ccccc54)[C@H]4C[C@@H]2[C@@H]3CO4)ccc1O. The van der Waals surface area contributed by atoms with Crippen LogP contribution >= 0.6 is 0 Å². The van der Waals surface area contributed by atoms with Gasteiger partial charge in [0.15, 0.2) is 11.5 Å². The number of hydroxylamine groups is 1. The fourth-order valence-corrected chi connectivity index (χ4v) is 6.51. The van der Waals surface area contributed by atoms with Crippen LogP contribution in [0.1, 0.15) is 30.9 Å². The van der Waals surface area contributed by atoms with E-state index in [1.807, 2.05) is 36.4 Å². The highest BCUT2D eigenvalue weighted by Gasteiger charge is 2.64. The van der Waals surface area contributed by atoms with E-state index in [2.05, 4.69) is 13.0 Å². The Morgan fingerprint density at radius 1 is 1.26 bits per heavy atom. The number of hydrogen-bond acceptors (Lipinski definition) is 6. The number of phenolic OH excluding ortho intramolecular Hbond substituents is 1. The quantitative estimate of drug-likeness (QED) is 0.749. The number of nitrogens with zero attached hydrogens (tertiary/aromatic N) is 2. The predicted octanol–water partition coefficient (Wildman–Crippen LogP) is 3.90. The summed E-state index contributed by atoms with van der Waals surface area (Å²) in [5, 5.41) is 11.3. The molecule has 0 radical (unpaired) electrons. The van der Waals surface area contributed by atoms with Crippen molar-refractivity contribution in [2.24, 2.45) is 16.8 Å². The van der Waals surface area contributed by atoms with Crippen LogP contribution in [-0.2, 0) is 19.8 Å². The number of amides is 1. The maximum absolute atomic E-state index is 13.8. The van der Waals surface area contributed by atoms with E-state index >= 15 is 0 Å². The molecule has 2 aromatic rings. The molecular weight excluding hydrogens is 432 g/mol. The summed E-state index contributed by atoms with van der Waals surface area (Å²) in [5.74, 6) is 1.03. The van der Waals surface area contributed by atoms with Crippen LogP contribution in [-0.4, -0.2) is 49.7 Å². The van der Waals surface area contributed by atoms with E-state index in [1.165, 1.54) is 12.2 Å². The minimum absolute atomic E-state index is 0.0130. The number of fused-ring (bicyclic) bond motifs is 2. The molecule has 3 fully saturated rings. The van der Waals surface area contributed by atoms with E-state index in [0.717, 1.165) is 34.5 Å². The topological polar surface area (TPSA) is 80.6 Å². The standard InChI is InChI=1S/C27H28N2O5/c1-15(10-16-8-9-22(30)23(11-16)32-2)25-17-12-24-27(13-20(28-25)18(17)14-34-24)19-6-4-5-7-21(19)29(33-3)26(27)31/h4-11,17-18,20,24,30H,12-14H2,1-3H3/t17-,18+,20+,24-,27+/m1/s1. The highest BCUT2D eigenvalue weighted by Crippen LogP contribution is 2.57. The first-order chi connectivity index (χ1) is 16.5. The Balaban J connectivity index is 1.39. The fraction of sp³-hybridized carbons (Fsp3) is 0.407. The van der Waals surface area contributed by atoms with Gasteiger partial charge in [0, 0.05) is 17.5 Å². The first-order valence-electron chi connectivity index (χ1n) is 11.7. The molecule has 0 unspecified atom stereocenters. The van der Waals surface area contributed by atoms with Crippen molar-refractivity contribution >= 4 is 23.4 Å². The number of phenols is 1. The molecule has 7 nitrogen and oxygen atoms in total. The van der Waals surface area contributed by atoms with Crippen molar-refractivity contribution in [2.75, 3.05) is 25.9 Å². The van der Waals surface area contributed by atoms with Gasteiger partial charge in [-0.15, -0.1) is 0 Å². The maximum atomic E-state index is 13.8. The van der Waals surface area contributed by atoms with Gasteiger partial charge in [0.1, 0.15) is 5.41 Å². The molecular formula is C27H28N2O5. The predicted molar refractivity (Wildman–Crippen MR) is 128 cm³/mol. The van der Waals surface area contributed by atoms with E-state index < -0.39 is 5.41 Å². The van der Waals surface area contributed by atoms with Crippen molar-refractivity contribution in [2.45, 2.75) is 37.3 Å². The van der Waals surface area contributed by atoms with Crippen LogP contribution in [0.3, 0.4) is 0 Å². The first kappa shape index (κ1) is 21.4. The number of aliphatic imine (C=N–C) groups is 1. The molecule has 1 N–H and O–H groups in total. The van der Waals surface area contributed by atoms with Crippen molar-refractivity contribution in [3.63, 3.8) is 0 Å². The number of carbonyl (C=O) groups excluding carboxylic acids is 1. The molecule has 2 saturated heterocycles. The second-order valence-electron chi connectivity index (χ2n) is 9.64. The Bertz CT molecular complexity index is 1240. The monoisotopic (exact) mass is 460 g/mol. The summed E-state index contributed by atoms with van der Waals surface area (Å²) in [6.45, 7) is 2.69. The first-order valence-corrected chi connectivity index (χ1v) is 11.7. The van der Waals surface area contributed by atoms with Crippen molar-refractivity contribution in [3.8, 4) is 11.5 Å². The number of aromatic hydroxyl groups is 1. The van der Waals surface area contributed by atoms with Crippen molar-refractivity contribution < 1.29 is 24.2 Å². The average molecular weight is 461 g/mol. The summed E-state index contributed by atoms with van der Waals surface area (Å²) < 4.78 is 11.6. The number of benzene rings is 2. The number of carbonyl (C=O) groups is 1. The van der Waals surface area contributed by atoms with Gasteiger partial charge in [0.25, 0.3) is 5.91 Å². The molecule has 4 heterocycles. The fourth-order valence-electron chi connectivity index (χ4n) is 6.51. The van der Waals surface area contributed by atoms with Gasteiger partial charge in [-0.3, -0.25) is 14.6 Å². The number of methoxy groups -OCH3 is 1. The van der Waals surface area contributed by atoms with Crippen molar-refractivity contribution in [1.82, 2.24) is 0 Å². The molecule has 2 aromatic carbocycles. The number of para-hydroxylation sites is 1. The van der Waals surface area contributed by atoms with E-state index in [0.29, 0.717) is 18.8 Å². The number of anilines is 1. The Morgan fingerprint density at radius 2 is 2.09 bits per heavy atom. The lowest BCUT2D eigenvalue weighted by Crippen LogP contribution is -2.51. The van der Waals surface area contributed by atoms with Crippen molar-refractivity contribution in [1.29, 1.82) is 0 Å². The molecule has 4 aliphatic heterocycles. The van der Waals surface area contributed by atoms with Crippen LogP contribution in [0.4, 0.5) is 5.69 Å². The van der Waals surface area contributed by atoms with Crippen LogP contribution in [0.15, 0.2) is 53.0 Å². The van der Waals surface area contributed by atoms with Gasteiger partial charge in [0.05, 0.1) is 38.7 Å². The molecule has 0 aromatic heterocycles. The number of hydrogen-bond donors (Lipinski definition) is 1. The zero-order valence-corrected chi connectivity index (χ0v) is 19.5. The number of allylic oxidation sites excluding steroid dienone is 1. The Labute approximate surface area is 198 Å². The lowest BCUT2D eigenvalue weighted by atomic mass is 9.71. The van der Waals surface area contributed by atoms with Crippen LogP contribution in [0, 0.1) is 11.8 Å². The van der Waals surface area contributed by atoms with Crippen LogP contribution in [0.5, 0.6) is 11.5 Å². The number of rotatable bonds is 4. The van der Waals surface area contributed by atoms with Crippen LogP contribution < -0.4 is 9.80 Å². The third-order valence-electron chi connectivity index (χ3n) is 8.05. The molecule has 4 bridgehead atoms. The molecule has 34 heavy (non-hydrogen) atoms. The van der Waals surface area contributed by atoms with Gasteiger partial charge in [0.2, 0.25) is 0 Å². The summed E-state index contributed by atoms with van der Waals surface area (Å²) in [6.07, 6.45) is 3.24. The molecule has 5 aliphatic rings. The van der Waals surface area contributed by atoms with E-state index in [4.69, 9.17) is 19.3 Å². The molecule has 5 atom stereocenters. The summed E-state index contributed by atoms with van der Waals surface area (Å²) in [5.41, 5.74) is 4.17. The second-order valence-corrected chi connectivity index (χ2v) is 9.64. The second kappa shape index (κ2) is 7.68. The molecule has 1 spiro atoms. The van der Waals surface area contributed by atoms with Gasteiger partial charge in [-0.05, 0) is 54.7 Å². The molecule has 176 valence electrons. The highest BCUT2D eigenvalue weighted by molar-refractivity contribution is 6.09. The van der Waals surface area contributed by atoms with Crippen LogP contribution in [0.2, 0.25) is 0 Å². The number of ether oxygens (including phenoxy) is 2. The maximum Gasteiger partial charge on any atom is 0.264 e. The Hall–Kier alpha value is -3.16. The van der Waals surface area contributed by atoms with Gasteiger partial charge < -0.3 is 14.6 Å². The Morgan fingerprint density at radius 3 is 2.88 bits per heavy atom.